The summed E-state index contributed by atoms with van der Waals surface area (Å²) in [6, 6.07) is 6.68. The number of sulfonamides is 1. The second-order valence-electron chi connectivity index (χ2n) is 6.64. The third-order valence-electron chi connectivity index (χ3n) is 4.68. The van der Waals surface area contributed by atoms with Crippen LogP contribution in [0.15, 0.2) is 33.6 Å². The number of benzene rings is 1. The lowest BCUT2D eigenvalue weighted by molar-refractivity contribution is -0.159. The van der Waals surface area contributed by atoms with E-state index in [1.807, 2.05) is 4.90 Å². The molecule has 1 amide bonds. The Bertz CT molecular complexity index is 881. The van der Waals surface area contributed by atoms with Gasteiger partial charge >= 0.3 is 5.97 Å². The summed E-state index contributed by atoms with van der Waals surface area (Å²) in [6.45, 7) is 4.71. The first kappa shape index (κ1) is 19.3. The van der Waals surface area contributed by atoms with Gasteiger partial charge in [-0.25, -0.2) is 0 Å². The maximum Gasteiger partial charge on any atom is 0.311 e. The predicted molar refractivity (Wildman–Crippen MR) is 98.7 cm³/mol. The van der Waals surface area contributed by atoms with Crippen molar-refractivity contribution in [3.8, 4) is 0 Å². The van der Waals surface area contributed by atoms with Crippen molar-refractivity contribution in [2.24, 2.45) is 10.3 Å². The van der Waals surface area contributed by atoms with Crippen molar-refractivity contribution >= 4 is 27.7 Å². The van der Waals surface area contributed by atoms with Crippen LogP contribution < -0.4 is 5.32 Å². The molecule has 9 heteroatoms. The van der Waals surface area contributed by atoms with Crippen molar-refractivity contribution in [3.63, 3.8) is 0 Å². The van der Waals surface area contributed by atoms with Gasteiger partial charge in [0, 0.05) is 25.2 Å². The highest BCUT2D eigenvalue weighted by molar-refractivity contribution is 7.90. The quantitative estimate of drug-likeness (QED) is 0.763. The molecule has 0 aliphatic carbocycles. The number of esters is 1. The number of ether oxygens (including phenoxy) is 1. The van der Waals surface area contributed by atoms with E-state index >= 15 is 0 Å². The van der Waals surface area contributed by atoms with Gasteiger partial charge in [0.25, 0.3) is 15.9 Å². The minimum Gasteiger partial charge on any atom is -0.452 e. The van der Waals surface area contributed by atoms with Gasteiger partial charge in [-0.2, -0.15) is 8.42 Å². The first-order chi connectivity index (χ1) is 12.8. The van der Waals surface area contributed by atoms with Gasteiger partial charge < -0.3 is 15.0 Å². The predicted octanol–water partition coefficient (Wildman–Crippen LogP) is 0.915. The molecule has 0 bridgehead atoms. The summed E-state index contributed by atoms with van der Waals surface area (Å²) < 4.78 is 33.7. The number of carbonyl (C=O) groups excluding carboxylic acids is 2. The number of likely N-dealkylation sites (N-methyl/N-ethyl adjacent to an activating group) is 1. The van der Waals surface area contributed by atoms with E-state index < -0.39 is 28.0 Å². The molecule has 2 aliphatic heterocycles. The molecule has 0 radical (unpaired) electrons. The molecule has 3 rings (SSSR count). The zero-order chi connectivity index (χ0) is 19.6. The first-order valence-electron chi connectivity index (χ1n) is 9.01. The van der Waals surface area contributed by atoms with Crippen molar-refractivity contribution in [3.05, 3.63) is 29.8 Å². The summed E-state index contributed by atoms with van der Waals surface area (Å²) in [7, 11) is -3.70. The number of nitrogens with one attached hydrogen (secondary N) is 1. The van der Waals surface area contributed by atoms with Crippen molar-refractivity contribution in [2.45, 2.75) is 37.7 Å². The highest BCUT2D eigenvalue weighted by Gasteiger charge is 2.36. The number of amidine groups is 1. The molecule has 2 atom stereocenters. The van der Waals surface area contributed by atoms with E-state index in [4.69, 9.17) is 4.74 Å². The van der Waals surface area contributed by atoms with Crippen molar-refractivity contribution in [2.75, 3.05) is 19.6 Å². The summed E-state index contributed by atoms with van der Waals surface area (Å²) in [6.07, 6.45) is 0.466. The fourth-order valence-corrected chi connectivity index (χ4v) is 4.55. The Kier molecular flexibility index (Phi) is 5.50. The van der Waals surface area contributed by atoms with Crippen LogP contribution in [0.25, 0.3) is 0 Å². The third-order valence-corrected chi connectivity index (χ3v) is 6.01. The van der Waals surface area contributed by atoms with Crippen LogP contribution in [-0.2, 0) is 24.3 Å². The summed E-state index contributed by atoms with van der Waals surface area (Å²) in [5.41, 5.74) is 0.558. The van der Waals surface area contributed by atoms with E-state index in [1.165, 1.54) is 13.0 Å². The highest BCUT2D eigenvalue weighted by atomic mass is 32.2. The summed E-state index contributed by atoms with van der Waals surface area (Å²) in [5, 5.41) is 2.61. The smallest absolute Gasteiger partial charge is 0.311 e. The van der Waals surface area contributed by atoms with Gasteiger partial charge in [-0.3, -0.25) is 9.59 Å². The molecular weight excluding hydrogens is 370 g/mol. The van der Waals surface area contributed by atoms with Crippen molar-refractivity contribution < 1.29 is 22.7 Å². The zero-order valence-corrected chi connectivity index (χ0v) is 16.2. The molecule has 2 heterocycles. The van der Waals surface area contributed by atoms with E-state index in [-0.39, 0.29) is 10.8 Å². The Balaban J connectivity index is 1.72. The molecule has 0 unspecified atom stereocenters. The van der Waals surface area contributed by atoms with Crippen LogP contribution in [0.4, 0.5) is 0 Å². The van der Waals surface area contributed by atoms with Crippen LogP contribution in [0, 0.1) is 5.92 Å². The van der Waals surface area contributed by atoms with Gasteiger partial charge in [0.2, 0.25) is 0 Å². The maximum atomic E-state index is 12.5. The number of likely N-dealkylation sites (tertiary alicyclic amines) is 1. The zero-order valence-electron chi connectivity index (χ0n) is 15.3. The SMILES string of the molecule is CCNC(=O)[C@H](C)OC(=O)[C@H]1CCCN(C2=NS(=O)(=O)c3ccccc32)C1. The van der Waals surface area contributed by atoms with E-state index in [2.05, 4.69) is 9.71 Å². The summed E-state index contributed by atoms with van der Waals surface area (Å²) in [5.74, 6) is -0.847. The van der Waals surface area contributed by atoms with Gasteiger partial charge in [-0.05, 0) is 38.8 Å². The number of nitrogens with zero attached hydrogens (tertiary/aromatic N) is 2. The maximum absolute atomic E-state index is 12.5. The molecular formula is C18H23N3O5S. The second-order valence-corrected chi connectivity index (χ2v) is 8.22. The fraction of sp³-hybridized carbons (Fsp3) is 0.500. The average Bonchev–Trinajstić information content (AvgIpc) is 2.93. The molecule has 0 aromatic heterocycles. The Morgan fingerprint density at radius 1 is 1.37 bits per heavy atom. The fourth-order valence-electron chi connectivity index (χ4n) is 3.32. The number of fused-ring (bicyclic) bond motifs is 1. The second kappa shape index (κ2) is 7.67. The van der Waals surface area contributed by atoms with Crippen LogP contribution in [-0.4, -0.2) is 56.8 Å². The largest absolute Gasteiger partial charge is 0.452 e. The number of hydrogen-bond acceptors (Lipinski definition) is 6. The molecule has 27 heavy (non-hydrogen) atoms. The third kappa shape index (κ3) is 3.97. The van der Waals surface area contributed by atoms with Crippen LogP contribution >= 0.6 is 0 Å². The normalized spacial score (nSPS) is 21.8. The van der Waals surface area contributed by atoms with Crippen LogP contribution in [0.5, 0.6) is 0 Å². The van der Waals surface area contributed by atoms with E-state index in [0.29, 0.717) is 43.9 Å². The molecule has 1 aromatic carbocycles. The highest BCUT2D eigenvalue weighted by Crippen LogP contribution is 2.30. The van der Waals surface area contributed by atoms with Crippen LogP contribution in [0.2, 0.25) is 0 Å². The molecule has 0 spiro atoms. The lowest BCUT2D eigenvalue weighted by atomic mass is 9.97. The molecule has 146 valence electrons. The van der Waals surface area contributed by atoms with Gasteiger partial charge in [0.15, 0.2) is 11.9 Å². The lowest BCUT2D eigenvalue weighted by Crippen LogP contribution is -2.44. The minimum atomic E-state index is -3.70. The molecule has 2 aliphatic rings. The van der Waals surface area contributed by atoms with E-state index in [9.17, 15) is 18.0 Å². The van der Waals surface area contributed by atoms with Gasteiger partial charge in [-0.15, -0.1) is 4.40 Å². The molecule has 1 fully saturated rings. The average molecular weight is 393 g/mol. The standard InChI is InChI=1S/C18H23N3O5S/c1-3-19-17(22)12(2)26-18(23)13-7-6-10-21(11-13)16-14-8-4-5-9-15(14)27(24,25)20-16/h4-5,8-9,12-13H,3,6-7,10-11H2,1-2H3,(H,19,22)/t12-,13-/m0/s1. The van der Waals surface area contributed by atoms with Gasteiger partial charge in [0.1, 0.15) is 4.90 Å². The number of carbonyl (C=O) groups is 2. The Labute approximate surface area is 158 Å². The van der Waals surface area contributed by atoms with Crippen molar-refractivity contribution in [1.82, 2.24) is 10.2 Å². The van der Waals surface area contributed by atoms with Crippen LogP contribution in [0.3, 0.4) is 0 Å². The van der Waals surface area contributed by atoms with Crippen LogP contribution in [0.1, 0.15) is 32.3 Å². The van der Waals surface area contributed by atoms with Crippen molar-refractivity contribution in [1.29, 1.82) is 0 Å². The van der Waals surface area contributed by atoms with E-state index in [0.717, 1.165) is 0 Å². The monoisotopic (exact) mass is 393 g/mol. The number of hydrogen-bond donors (Lipinski definition) is 1. The number of piperidine rings is 1. The molecule has 1 aromatic rings. The first-order valence-corrected chi connectivity index (χ1v) is 10.4. The van der Waals surface area contributed by atoms with Gasteiger partial charge in [-0.1, -0.05) is 12.1 Å². The lowest BCUT2D eigenvalue weighted by Gasteiger charge is -2.33. The molecule has 1 N–H and O–H groups in total. The number of amides is 1. The Hall–Kier alpha value is -2.42. The molecule has 1 saturated heterocycles. The topological polar surface area (TPSA) is 105 Å². The Morgan fingerprint density at radius 3 is 2.85 bits per heavy atom. The number of rotatable bonds is 4. The Morgan fingerprint density at radius 2 is 2.11 bits per heavy atom. The molecule has 8 nitrogen and oxygen atoms in total. The molecule has 0 saturated carbocycles. The van der Waals surface area contributed by atoms with Gasteiger partial charge in [0.05, 0.1) is 5.92 Å². The summed E-state index contributed by atoms with van der Waals surface area (Å²) >= 11 is 0. The minimum absolute atomic E-state index is 0.189. The summed E-state index contributed by atoms with van der Waals surface area (Å²) in [4.78, 5) is 26.2. The van der Waals surface area contributed by atoms with E-state index in [1.54, 1.807) is 25.1 Å².